The molecule has 1 aliphatic carbocycles. The molecule has 0 radical (unpaired) electrons. The smallest absolute Gasteiger partial charge is 0.405 e. The van der Waals surface area contributed by atoms with Crippen molar-refractivity contribution in [1.82, 2.24) is 14.7 Å². The van der Waals surface area contributed by atoms with Crippen molar-refractivity contribution in [2.45, 2.75) is 24.7 Å². The van der Waals surface area contributed by atoms with E-state index >= 15 is 0 Å². The van der Waals surface area contributed by atoms with Crippen molar-refractivity contribution in [3.63, 3.8) is 0 Å². The van der Waals surface area contributed by atoms with E-state index in [0.29, 0.717) is 16.9 Å². The third-order valence-corrected chi connectivity index (χ3v) is 5.01. The number of carbonyl (C=O) groups is 1. The van der Waals surface area contributed by atoms with Gasteiger partial charge in [-0.1, -0.05) is 18.2 Å². The highest BCUT2D eigenvalue weighted by Gasteiger charge is 2.43. The first-order valence-corrected chi connectivity index (χ1v) is 8.82. The zero-order valence-corrected chi connectivity index (χ0v) is 14.4. The molecule has 2 aromatic heterocycles. The van der Waals surface area contributed by atoms with Crippen molar-refractivity contribution in [2.75, 3.05) is 0 Å². The molecule has 4 rings (SSSR count). The first-order valence-electron chi connectivity index (χ1n) is 7.94. The molecule has 1 saturated carbocycles. The number of aromatic nitrogens is 2. The van der Waals surface area contributed by atoms with Crippen LogP contribution >= 0.6 is 11.3 Å². The number of amides is 1. The van der Waals surface area contributed by atoms with Crippen molar-refractivity contribution >= 4 is 22.2 Å². The van der Waals surface area contributed by atoms with Crippen LogP contribution in [0.3, 0.4) is 0 Å². The van der Waals surface area contributed by atoms with Gasteiger partial charge < -0.3 is 10.1 Å². The molecule has 2 atom stereocenters. The molecule has 140 valence electrons. The number of fused-ring (bicyclic) bond motifs is 1. The van der Waals surface area contributed by atoms with E-state index in [0.717, 1.165) is 0 Å². The van der Waals surface area contributed by atoms with Gasteiger partial charge >= 0.3 is 6.36 Å². The van der Waals surface area contributed by atoms with Crippen LogP contribution in [-0.4, -0.2) is 27.7 Å². The number of benzene rings is 1. The van der Waals surface area contributed by atoms with Crippen LogP contribution in [0.25, 0.3) is 4.96 Å². The molecular formula is C17H12F3N3O3S. The monoisotopic (exact) mass is 395 g/mol. The first kappa shape index (κ1) is 17.5. The Morgan fingerprint density at radius 1 is 1.33 bits per heavy atom. The fourth-order valence-electron chi connectivity index (χ4n) is 2.93. The lowest BCUT2D eigenvalue weighted by Gasteiger charge is -2.13. The topological polar surface area (TPSA) is 72.7 Å². The van der Waals surface area contributed by atoms with Gasteiger partial charge in [-0.3, -0.25) is 14.0 Å². The number of carbonyl (C=O) groups excluding carboxylic acids is 1. The van der Waals surface area contributed by atoms with Crippen molar-refractivity contribution in [1.29, 1.82) is 0 Å². The summed E-state index contributed by atoms with van der Waals surface area (Å²) in [4.78, 5) is 29.2. The van der Waals surface area contributed by atoms with Crippen LogP contribution in [-0.2, 0) is 0 Å². The lowest BCUT2D eigenvalue weighted by atomic mass is 10.1. The Balaban J connectivity index is 1.51. The molecule has 10 heteroatoms. The maximum atomic E-state index is 12.5. The zero-order valence-electron chi connectivity index (χ0n) is 13.6. The van der Waals surface area contributed by atoms with Gasteiger partial charge in [0.1, 0.15) is 11.3 Å². The molecule has 1 fully saturated rings. The Kier molecular flexibility index (Phi) is 4.14. The number of halogens is 3. The summed E-state index contributed by atoms with van der Waals surface area (Å²) < 4.78 is 43.0. The van der Waals surface area contributed by atoms with Crippen molar-refractivity contribution in [3.05, 3.63) is 63.5 Å². The average molecular weight is 395 g/mol. The van der Waals surface area contributed by atoms with Gasteiger partial charge in [-0.25, -0.2) is 4.98 Å². The Labute approximate surface area is 154 Å². The molecule has 1 aliphatic rings. The predicted molar refractivity (Wildman–Crippen MR) is 91.1 cm³/mol. The molecule has 0 bridgehead atoms. The van der Waals surface area contributed by atoms with Gasteiger partial charge in [-0.05, 0) is 18.1 Å². The highest BCUT2D eigenvalue weighted by Crippen LogP contribution is 2.45. The summed E-state index contributed by atoms with van der Waals surface area (Å²) in [7, 11) is 0. The SMILES string of the molecule is O=C(N[C@H]1C[C@H]1c1ccccc1OC(F)(F)F)c1cnc2sccn2c1=O. The molecular weight excluding hydrogens is 383 g/mol. The van der Waals surface area contributed by atoms with Crippen LogP contribution in [0.5, 0.6) is 5.75 Å². The lowest BCUT2D eigenvalue weighted by molar-refractivity contribution is -0.274. The molecule has 0 unspecified atom stereocenters. The summed E-state index contributed by atoms with van der Waals surface area (Å²) in [6, 6.07) is 5.45. The molecule has 27 heavy (non-hydrogen) atoms. The van der Waals surface area contributed by atoms with Gasteiger partial charge in [-0.15, -0.1) is 24.5 Å². The van der Waals surface area contributed by atoms with Crippen LogP contribution in [0.1, 0.15) is 28.3 Å². The lowest BCUT2D eigenvalue weighted by Crippen LogP contribution is -2.33. The minimum absolute atomic E-state index is 0.114. The number of nitrogens with one attached hydrogen (secondary N) is 1. The minimum Gasteiger partial charge on any atom is -0.405 e. The molecule has 3 aromatic rings. The third kappa shape index (κ3) is 3.52. The normalized spacial score (nSPS) is 19.1. The minimum atomic E-state index is -4.79. The Hall–Kier alpha value is -2.88. The van der Waals surface area contributed by atoms with Crippen LogP contribution in [0.15, 0.2) is 46.8 Å². The molecule has 0 aliphatic heterocycles. The van der Waals surface area contributed by atoms with Crippen molar-refractivity contribution < 1.29 is 22.7 Å². The van der Waals surface area contributed by atoms with E-state index < -0.39 is 17.8 Å². The number of alkyl halides is 3. The molecule has 1 N–H and O–H groups in total. The molecule has 1 amide bonds. The summed E-state index contributed by atoms with van der Waals surface area (Å²) in [5.41, 5.74) is -0.239. The van der Waals surface area contributed by atoms with Crippen LogP contribution in [0.4, 0.5) is 13.2 Å². The highest BCUT2D eigenvalue weighted by atomic mass is 32.1. The molecule has 0 saturated heterocycles. The number of rotatable bonds is 4. The van der Waals surface area contributed by atoms with Gasteiger partial charge in [0.25, 0.3) is 11.5 Å². The maximum absolute atomic E-state index is 12.5. The number of hydrogen-bond donors (Lipinski definition) is 1. The number of thiazole rings is 1. The third-order valence-electron chi connectivity index (χ3n) is 4.24. The van der Waals surface area contributed by atoms with Gasteiger partial charge in [0.15, 0.2) is 4.96 Å². The van der Waals surface area contributed by atoms with E-state index in [1.165, 1.54) is 46.3 Å². The van der Waals surface area contributed by atoms with E-state index in [1.807, 2.05) is 0 Å². The molecule has 2 heterocycles. The van der Waals surface area contributed by atoms with Crippen LogP contribution in [0.2, 0.25) is 0 Å². The predicted octanol–water partition coefficient (Wildman–Crippen LogP) is 2.94. The Morgan fingerprint density at radius 2 is 2.11 bits per heavy atom. The van der Waals surface area contributed by atoms with E-state index in [-0.39, 0.29) is 23.3 Å². The highest BCUT2D eigenvalue weighted by molar-refractivity contribution is 7.15. The summed E-state index contributed by atoms with van der Waals surface area (Å²) in [5.74, 6) is -1.20. The zero-order chi connectivity index (χ0) is 19.2. The largest absolute Gasteiger partial charge is 0.573 e. The Bertz CT molecular complexity index is 1080. The fourth-order valence-corrected chi connectivity index (χ4v) is 3.60. The fraction of sp³-hybridized carbons (Fsp3) is 0.235. The molecule has 1 aromatic carbocycles. The van der Waals surface area contributed by atoms with Crippen molar-refractivity contribution in [2.24, 2.45) is 0 Å². The van der Waals surface area contributed by atoms with Gasteiger partial charge in [-0.2, -0.15) is 0 Å². The van der Waals surface area contributed by atoms with Crippen LogP contribution in [0, 0.1) is 0 Å². The van der Waals surface area contributed by atoms with Gasteiger partial charge in [0.2, 0.25) is 0 Å². The van der Waals surface area contributed by atoms with Crippen LogP contribution < -0.4 is 15.6 Å². The van der Waals surface area contributed by atoms with Gasteiger partial charge in [0.05, 0.1) is 0 Å². The number of nitrogens with zero attached hydrogens (tertiary/aromatic N) is 2. The van der Waals surface area contributed by atoms with Crippen molar-refractivity contribution in [3.8, 4) is 5.75 Å². The summed E-state index contributed by atoms with van der Waals surface area (Å²) in [5, 5.41) is 4.36. The van der Waals surface area contributed by atoms with E-state index in [1.54, 1.807) is 11.4 Å². The van der Waals surface area contributed by atoms with E-state index in [2.05, 4.69) is 15.0 Å². The van der Waals surface area contributed by atoms with Gasteiger partial charge in [0, 0.05) is 29.7 Å². The second-order valence-corrected chi connectivity index (χ2v) is 6.91. The molecule has 0 spiro atoms. The van der Waals surface area contributed by atoms with E-state index in [4.69, 9.17) is 0 Å². The number of ether oxygens (including phenoxy) is 1. The number of hydrogen-bond acceptors (Lipinski definition) is 5. The first-order chi connectivity index (χ1) is 12.8. The standard InChI is InChI=1S/C17H12F3N3O3S/c18-17(19,20)26-13-4-2-1-3-9(13)10-7-12(10)22-14(24)11-8-21-16-23(15(11)25)5-6-27-16/h1-6,8,10,12H,7H2,(H,22,24)/t10-,12-/m0/s1. The summed E-state index contributed by atoms with van der Waals surface area (Å²) in [6.07, 6.45) is -1.60. The quantitative estimate of drug-likeness (QED) is 0.737. The summed E-state index contributed by atoms with van der Waals surface area (Å²) >= 11 is 1.27. The second kappa shape index (κ2) is 6.38. The average Bonchev–Trinajstić information content (AvgIpc) is 3.16. The number of para-hydroxylation sites is 1. The maximum Gasteiger partial charge on any atom is 0.573 e. The summed E-state index contributed by atoms with van der Waals surface area (Å²) in [6.45, 7) is 0. The molecule has 6 nitrogen and oxygen atoms in total. The Morgan fingerprint density at radius 3 is 2.89 bits per heavy atom. The van der Waals surface area contributed by atoms with E-state index in [9.17, 15) is 22.8 Å². The second-order valence-electron chi connectivity index (χ2n) is 6.04.